The fraction of sp³-hybridized carbons (Fsp3) is 0.435. The van der Waals surface area contributed by atoms with Crippen LogP contribution in [0.4, 0.5) is 5.69 Å². The molecule has 0 radical (unpaired) electrons. The Balaban J connectivity index is 1.72. The van der Waals surface area contributed by atoms with Crippen molar-refractivity contribution in [1.82, 2.24) is 0 Å². The summed E-state index contributed by atoms with van der Waals surface area (Å²) in [6, 6.07) is 15.9. The molecule has 2 N–H and O–H groups in total. The molecule has 0 saturated heterocycles. The maximum absolute atomic E-state index is 11.2. The van der Waals surface area contributed by atoms with E-state index in [9.17, 15) is 9.90 Å². The van der Waals surface area contributed by atoms with E-state index in [1.54, 1.807) is 12.1 Å². The second-order valence-electron chi connectivity index (χ2n) is 6.86. The van der Waals surface area contributed by atoms with E-state index in [1.807, 2.05) is 12.1 Å². The number of hydrogen-bond donors (Lipinski definition) is 2. The van der Waals surface area contributed by atoms with Crippen molar-refractivity contribution < 1.29 is 9.90 Å². The van der Waals surface area contributed by atoms with Crippen LogP contribution in [-0.2, 0) is 12.8 Å². The molecule has 140 valence electrons. The van der Waals surface area contributed by atoms with Gasteiger partial charge in [0.2, 0.25) is 0 Å². The molecular formula is C23H31NO2. The first-order chi connectivity index (χ1) is 12.7. The molecule has 26 heavy (non-hydrogen) atoms. The lowest BCUT2D eigenvalue weighted by Crippen LogP contribution is -2.09. The van der Waals surface area contributed by atoms with Gasteiger partial charge in [0, 0.05) is 12.2 Å². The van der Waals surface area contributed by atoms with Crippen LogP contribution in [0.2, 0.25) is 0 Å². The maximum atomic E-state index is 11.2. The average Bonchev–Trinajstić information content (AvgIpc) is 2.66. The van der Waals surface area contributed by atoms with Crippen LogP contribution in [0.5, 0.6) is 0 Å². The number of aryl methyl sites for hydroxylation is 1. The number of unbranched alkanes of at least 4 members (excludes halogenated alkanes) is 5. The lowest BCUT2D eigenvalue weighted by atomic mass is 10.0. The van der Waals surface area contributed by atoms with Crippen LogP contribution in [-0.4, -0.2) is 17.6 Å². The lowest BCUT2D eigenvalue weighted by Gasteiger charge is -2.10. The first-order valence-electron chi connectivity index (χ1n) is 9.84. The quantitative estimate of drug-likeness (QED) is 0.464. The minimum atomic E-state index is -0.896. The van der Waals surface area contributed by atoms with E-state index in [2.05, 4.69) is 36.5 Å². The monoisotopic (exact) mass is 353 g/mol. The van der Waals surface area contributed by atoms with Gasteiger partial charge >= 0.3 is 5.97 Å². The van der Waals surface area contributed by atoms with Crippen molar-refractivity contribution in [1.29, 1.82) is 0 Å². The third kappa shape index (κ3) is 6.91. The molecule has 0 bridgehead atoms. The standard InChI is InChI=1S/C23H31NO2/c1-2-3-4-5-6-7-10-19-13-15-20(16-14-19)17-18-24-22-12-9-8-11-21(22)23(25)26/h8-9,11-16,24H,2-7,10,17-18H2,1H3,(H,25,26). The van der Waals surface area contributed by atoms with E-state index in [-0.39, 0.29) is 0 Å². The summed E-state index contributed by atoms with van der Waals surface area (Å²) in [5.41, 5.74) is 3.69. The predicted molar refractivity (Wildman–Crippen MR) is 109 cm³/mol. The Morgan fingerprint density at radius 2 is 1.46 bits per heavy atom. The molecule has 0 aliphatic carbocycles. The normalized spacial score (nSPS) is 10.7. The zero-order valence-electron chi connectivity index (χ0n) is 15.8. The molecule has 2 rings (SSSR count). The highest BCUT2D eigenvalue weighted by Crippen LogP contribution is 2.15. The van der Waals surface area contributed by atoms with Gasteiger partial charge in [-0.25, -0.2) is 4.79 Å². The summed E-state index contributed by atoms with van der Waals surface area (Å²) < 4.78 is 0. The Morgan fingerprint density at radius 1 is 0.846 bits per heavy atom. The third-order valence-corrected chi connectivity index (χ3v) is 4.73. The Morgan fingerprint density at radius 3 is 2.15 bits per heavy atom. The molecule has 0 heterocycles. The Hall–Kier alpha value is -2.29. The van der Waals surface area contributed by atoms with Crippen molar-refractivity contribution in [2.45, 2.75) is 58.3 Å². The molecule has 0 atom stereocenters. The van der Waals surface area contributed by atoms with Crippen LogP contribution in [0, 0.1) is 0 Å². The Kier molecular flexibility index (Phi) is 8.74. The van der Waals surface area contributed by atoms with Crippen molar-refractivity contribution in [2.75, 3.05) is 11.9 Å². The van der Waals surface area contributed by atoms with E-state index in [0.29, 0.717) is 11.3 Å². The number of rotatable bonds is 12. The smallest absolute Gasteiger partial charge is 0.337 e. The lowest BCUT2D eigenvalue weighted by molar-refractivity contribution is 0.0698. The SMILES string of the molecule is CCCCCCCCc1ccc(CCNc2ccccc2C(=O)O)cc1. The summed E-state index contributed by atoms with van der Waals surface area (Å²) in [7, 11) is 0. The number of anilines is 1. The Labute approximate surface area is 157 Å². The van der Waals surface area contributed by atoms with Crippen LogP contribution >= 0.6 is 0 Å². The number of para-hydroxylation sites is 1. The highest BCUT2D eigenvalue weighted by molar-refractivity contribution is 5.94. The number of hydrogen-bond acceptors (Lipinski definition) is 2. The van der Waals surface area contributed by atoms with Gasteiger partial charge in [-0.15, -0.1) is 0 Å². The summed E-state index contributed by atoms with van der Waals surface area (Å²) in [4.78, 5) is 11.2. The van der Waals surface area contributed by atoms with Crippen molar-refractivity contribution in [3.8, 4) is 0 Å². The highest BCUT2D eigenvalue weighted by atomic mass is 16.4. The van der Waals surface area contributed by atoms with Crippen LogP contribution in [0.25, 0.3) is 0 Å². The molecule has 0 unspecified atom stereocenters. The number of carboxylic acids is 1. The van der Waals surface area contributed by atoms with Gasteiger partial charge in [0.1, 0.15) is 0 Å². The fourth-order valence-electron chi connectivity index (χ4n) is 3.15. The van der Waals surface area contributed by atoms with Gasteiger partial charge in [0.15, 0.2) is 0 Å². The summed E-state index contributed by atoms with van der Waals surface area (Å²) in [6.45, 7) is 2.98. The van der Waals surface area contributed by atoms with Gasteiger partial charge in [-0.05, 0) is 42.5 Å². The van der Waals surface area contributed by atoms with Crippen LogP contribution < -0.4 is 5.32 Å². The Bertz CT molecular complexity index is 664. The molecule has 3 nitrogen and oxygen atoms in total. The average molecular weight is 354 g/mol. The predicted octanol–water partition coefficient (Wildman–Crippen LogP) is 5.94. The molecule has 0 fully saturated rings. The van der Waals surface area contributed by atoms with Crippen molar-refractivity contribution >= 4 is 11.7 Å². The molecule has 0 spiro atoms. The summed E-state index contributed by atoms with van der Waals surface area (Å²) in [5.74, 6) is -0.896. The minimum absolute atomic E-state index is 0.321. The molecular weight excluding hydrogens is 322 g/mol. The van der Waals surface area contributed by atoms with Crippen LogP contribution in [0.15, 0.2) is 48.5 Å². The molecule has 0 aliphatic rings. The molecule has 0 saturated carbocycles. The summed E-state index contributed by atoms with van der Waals surface area (Å²) in [5, 5.41) is 12.4. The van der Waals surface area contributed by atoms with E-state index in [0.717, 1.165) is 19.4 Å². The number of nitrogens with one attached hydrogen (secondary N) is 1. The molecule has 0 amide bonds. The summed E-state index contributed by atoms with van der Waals surface area (Å²) in [6.07, 6.45) is 10.0. The van der Waals surface area contributed by atoms with Gasteiger partial charge < -0.3 is 10.4 Å². The third-order valence-electron chi connectivity index (χ3n) is 4.73. The minimum Gasteiger partial charge on any atom is -0.478 e. The van der Waals surface area contributed by atoms with E-state index in [4.69, 9.17) is 0 Å². The second kappa shape index (κ2) is 11.3. The second-order valence-corrected chi connectivity index (χ2v) is 6.86. The van der Waals surface area contributed by atoms with Gasteiger partial charge in [-0.3, -0.25) is 0 Å². The number of benzene rings is 2. The van der Waals surface area contributed by atoms with E-state index in [1.165, 1.54) is 49.7 Å². The molecule has 2 aromatic rings. The van der Waals surface area contributed by atoms with Crippen molar-refractivity contribution in [3.63, 3.8) is 0 Å². The van der Waals surface area contributed by atoms with Gasteiger partial charge in [-0.1, -0.05) is 75.4 Å². The van der Waals surface area contributed by atoms with E-state index >= 15 is 0 Å². The fourth-order valence-corrected chi connectivity index (χ4v) is 3.15. The van der Waals surface area contributed by atoms with Gasteiger partial charge in [0.05, 0.1) is 5.56 Å². The topological polar surface area (TPSA) is 49.3 Å². The molecule has 0 aromatic heterocycles. The molecule has 0 aliphatic heterocycles. The number of carbonyl (C=O) groups is 1. The first-order valence-corrected chi connectivity index (χ1v) is 9.84. The van der Waals surface area contributed by atoms with Gasteiger partial charge in [0.25, 0.3) is 0 Å². The zero-order valence-corrected chi connectivity index (χ0v) is 15.8. The number of carboxylic acid groups (broad SMARTS) is 1. The highest BCUT2D eigenvalue weighted by Gasteiger charge is 2.07. The van der Waals surface area contributed by atoms with E-state index < -0.39 is 5.97 Å². The number of aromatic carboxylic acids is 1. The largest absolute Gasteiger partial charge is 0.478 e. The molecule has 3 heteroatoms. The van der Waals surface area contributed by atoms with Crippen molar-refractivity contribution in [3.05, 3.63) is 65.2 Å². The zero-order chi connectivity index (χ0) is 18.6. The molecule has 2 aromatic carbocycles. The van der Waals surface area contributed by atoms with Gasteiger partial charge in [-0.2, -0.15) is 0 Å². The first kappa shape index (κ1) is 20.0. The summed E-state index contributed by atoms with van der Waals surface area (Å²) >= 11 is 0. The van der Waals surface area contributed by atoms with Crippen LogP contribution in [0.1, 0.15) is 66.9 Å². The van der Waals surface area contributed by atoms with Crippen molar-refractivity contribution in [2.24, 2.45) is 0 Å². The maximum Gasteiger partial charge on any atom is 0.337 e. The van der Waals surface area contributed by atoms with Crippen LogP contribution in [0.3, 0.4) is 0 Å².